The lowest BCUT2D eigenvalue weighted by Gasteiger charge is -2.19. The number of carbonyl (C=O) groups excluding carboxylic acids is 1. The van der Waals surface area contributed by atoms with Gasteiger partial charge in [0.15, 0.2) is 0 Å². The van der Waals surface area contributed by atoms with Crippen molar-refractivity contribution in [3.63, 3.8) is 0 Å². The molecule has 2 amide bonds. The Bertz CT molecular complexity index is 170. The van der Waals surface area contributed by atoms with Crippen LogP contribution in [0, 0.1) is 0 Å². The highest BCUT2D eigenvalue weighted by Crippen LogP contribution is 2.12. The summed E-state index contributed by atoms with van der Waals surface area (Å²) < 4.78 is 0. The van der Waals surface area contributed by atoms with E-state index in [0.29, 0.717) is 6.04 Å². The summed E-state index contributed by atoms with van der Waals surface area (Å²) in [5.41, 5.74) is 0. The van der Waals surface area contributed by atoms with Gasteiger partial charge < -0.3 is 15.1 Å². The quantitative estimate of drug-likeness (QED) is 0.601. The fourth-order valence-corrected chi connectivity index (χ4v) is 1.51. The molecule has 1 aliphatic rings. The van der Waals surface area contributed by atoms with E-state index < -0.39 is 0 Å². The molecular formula is C8H17N3O. The van der Waals surface area contributed by atoms with E-state index in [1.165, 1.54) is 0 Å². The van der Waals surface area contributed by atoms with E-state index in [0.717, 1.165) is 19.5 Å². The van der Waals surface area contributed by atoms with Crippen LogP contribution in [0.15, 0.2) is 0 Å². The Morgan fingerprint density at radius 1 is 1.58 bits per heavy atom. The number of hydrogen-bond acceptors (Lipinski definition) is 2. The highest BCUT2D eigenvalue weighted by molar-refractivity contribution is 5.74. The molecule has 1 unspecified atom stereocenters. The van der Waals surface area contributed by atoms with Gasteiger partial charge in [-0.3, -0.25) is 0 Å². The summed E-state index contributed by atoms with van der Waals surface area (Å²) in [5.74, 6) is 0. The molecule has 1 rings (SSSR count). The fourth-order valence-electron chi connectivity index (χ4n) is 1.51. The van der Waals surface area contributed by atoms with Gasteiger partial charge in [-0.15, -0.1) is 0 Å². The van der Waals surface area contributed by atoms with Crippen LogP contribution >= 0.6 is 0 Å². The molecular weight excluding hydrogens is 154 g/mol. The third kappa shape index (κ3) is 1.88. The predicted octanol–water partition coefficient (Wildman–Crippen LogP) is -0.0383. The number of urea groups is 1. The normalized spacial score (nSPS) is 23.3. The smallest absolute Gasteiger partial charge is 0.317 e. The average molecular weight is 171 g/mol. The summed E-state index contributed by atoms with van der Waals surface area (Å²) in [7, 11) is 5.78. The number of likely N-dealkylation sites (N-methyl/N-ethyl adjacent to an activating group) is 1. The largest absolute Gasteiger partial charge is 0.341 e. The molecule has 0 spiro atoms. The molecule has 1 aliphatic heterocycles. The fraction of sp³-hybridized carbons (Fsp3) is 0.875. The first-order valence-electron chi connectivity index (χ1n) is 4.28. The van der Waals surface area contributed by atoms with Crippen LogP contribution in [-0.4, -0.2) is 56.1 Å². The molecule has 1 fully saturated rings. The lowest BCUT2D eigenvalue weighted by Crippen LogP contribution is -2.39. The van der Waals surface area contributed by atoms with Crippen molar-refractivity contribution in [2.24, 2.45) is 0 Å². The number of hydrogen-bond donors (Lipinski definition) is 1. The molecule has 0 aromatic rings. The maximum Gasteiger partial charge on any atom is 0.317 e. The maximum absolute atomic E-state index is 11.2. The lowest BCUT2D eigenvalue weighted by molar-refractivity contribution is 0.205. The average Bonchev–Trinajstić information content (AvgIpc) is 2.51. The van der Waals surface area contributed by atoms with Crippen LogP contribution < -0.4 is 5.32 Å². The number of nitrogens with zero attached hydrogens (tertiary/aromatic N) is 2. The molecule has 1 N–H and O–H groups in total. The van der Waals surface area contributed by atoms with Gasteiger partial charge in [0.2, 0.25) is 0 Å². The molecule has 0 saturated carbocycles. The minimum atomic E-state index is 0.0411. The van der Waals surface area contributed by atoms with Gasteiger partial charge in [-0.2, -0.15) is 0 Å². The third-order valence-corrected chi connectivity index (χ3v) is 2.39. The maximum atomic E-state index is 11.2. The Labute approximate surface area is 73.5 Å². The molecule has 4 nitrogen and oxygen atoms in total. The van der Waals surface area contributed by atoms with Gasteiger partial charge in [-0.1, -0.05) is 0 Å². The summed E-state index contributed by atoms with van der Waals surface area (Å²) >= 11 is 0. The molecule has 0 bridgehead atoms. The molecule has 70 valence electrons. The monoisotopic (exact) mass is 171 g/mol. The van der Waals surface area contributed by atoms with Gasteiger partial charge in [0, 0.05) is 26.2 Å². The summed E-state index contributed by atoms with van der Waals surface area (Å²) in [5, 5.41) is 2.63. The van der Waals surface area contributed by atoms with Gasteiger partial charge >= 0.3 is 6.03 Å². The van der Waals surface area contributed by atoms with Crippen LogP contribution in [0.3, 0.4) is 0 Å². The van der Waals surface area contributed by atoms with Crippen LogP contribution in [0.1, 0.15) is 6.42 Å². The van der Waals surface area contributed by atoms with Crippen molar-refractivity contribution in [3.05, 3.63) is 0 Å². The van der Waals surface area contributed by atoms with Crippen LogP contribution in [0.25, 0.3) is 0 Å². The zero-order chi connectivity index (χ0) is 9.14. The van der Waals surface area contributed by atoms with Gasteiger partial charge in [-0.05, 0) is 20.5 Å². The van der Waals surface area contributed by atoms with Crippen molar-refractivity contribution in [1.29, 1.82) is 0 Å². The minimum absolute atomic E-state index is 0.0411. The lowest BCUT2D eigenvalue weighted by atomic mass is 10.2. The number of nitrogens with one attached hydrogen (secondary N) is 1. The molecule has 0 aliphatic carbocycles. The standard InChI is InChI=1S/C8H17N3O/c1-9-8(12)11-5-4-7(6-11)10(2)3/h7H,4-6H2,1-3H3,(H,9,12). The van der Waals surface area contributed by atoms with Crippen molar-refractivity contribution in [1.82, 2.24) is 15.1 Å². The number of amides is 2. The van der Waals surface area contributed by atoms with E-state index in [1.807, 2.05) is 4.90 Å². The molecule has 1 heterocycles. The highest BCUT2D eigenvalue weighted by Gasteiger charge is 2.26. The minimum Gasteiger partial charge on any atom is -0.341 e. The molecule has 1 saturated heterocycles. The van der Waals surface area contributed by atoms with E-state index in [-0.39, 0.29) is 6.03 Å². The second-order valence-corrected chi connectivity index (χ2v) is 3.41. The number of likely N-dealkylation sites (tertiary alicyclic amines) is 1. The van der Waals surface area contributed by atoms with Gasteiger partial charge in [0.1, 0.15) is 0 Å². The van der Waals surface area contributed by atoms with E-state index in [4.69, 9.17) is 0 Å². The molecule has 0 radical (unpaired) electrons. The van der Waals surface area contributed by atoms with E-state index >= 15 is 0 Å². The molecule has 12 heavy (non-hydrogen) atoms. The molecule has 1 atom stereocenters. The first-order chi connectivity index (χ1) is 5.65. The topological polar surface area (TPSA) is 35.6 Å². The Balaban J connectivity index is 2.40. The molecule has 4 heteroatoms. The van der Waals surface area contributed by atoms with Crippen LogP contribution in [-0.2, 0) is 0 Å². The number of carbonyl (C=O) groups is 1. The van der Waals surface area contributed by atoms with Crippen LogP contribution in [0.2, 0.25) is 0 Å². The van der Waals surface area contributed by atoms with Crippen LogP contribution in [0.4, 0.5) is 4.79 Å². The zero-order valence-corrected chi connectivity index (χ0v) is 8.00. The van der Waals surface area contributed by atoms with Crippen molar-refractivity contribution in [2.75, 3.05) is 34.2 Å². The van der Waals surface area contributed by atoms with E-state index in [1.54, 1.807) is 7.05 Å². The number of rotatable bonds is 1. The predicted molar refractivity (Wildman–Crippen MR) is 48.1 cm³/mol. The van der Waals surface area contributed by atoms with Gasteiger partial charge in [0.05, 0.1) is 0 Å². The van der Waals surface area contributed by atoms with Crippen molar-refractivity contribution in [2.45, 2.75) is 12.5 Å². The summed E-state index contributed by atoms with van der Waals surface area (Å²) in [4.78, 5) is 15.2. The first-order valence-corrected chi connectivity index (χ1v) is 4.28. The Morgan fingerprint density at radius 2 is 2.25 bits per heavy atom. The Kier molecular flexibility index (Phi) is 2.92. The molecule has 0 aromatic heterocycles. The van der Waals surface area contributed by atoms with Crippen molar-refractivity contribution in [3.8, 4) is 0 Å². The summed E-state index contributed by atoms with van der Waals surface area (Å²) in [6, 6.07) is 0.571. The van der Waals surface area contributed by atoms with Gasteiger partial charge in [0.25, 0.3) is 0 Å². The van der Waals surface area contributed by atoms with Gasteiger partial charge in [-0.25, -0.2) is 4.79 Å². The van der Waals surface area contributed by atoms with Crippen LogP contribution in [0.5, 0.6) is 0 Å². The SMILES string of the molecule is CNC(=O)N1CCC(N(C)C)C1. The van der Waals surface area contributed by atoms with Crippen molar-refractivity contribution < 1.29 is 4.79 Å². The van der Waals surface area contributed by atoms with E-state index in [2.05, 4.69) is 24.3 Å². The van der Waals surface area contributed by atoms with E-state index in [9.17, 15) is 4.79 Å². The second-order valence-electron chi connectivity index (χ2n) is 3.41. The third-order valence-electron chi connectivity index (χ3n) is 2.39. The first kappa shape index (κ1) is 9.32. The summed E-state index contributed by atoms with van der Waals surface area (Å²) in [6.07, 6.45) is 1.08. The highest BCUT2D eigenvalue weighted by atomic mass is 16.2. The van der Waals surface area contributed by atoms with Crippen molar-refractivity contribution >= 4 is 6.03 Å². The second kappa shape index (κ2) is 3.76. The zero-order valence-electron chi connectivity index (χ0n) is 8.00. The Morgan fingerprint density at radius 3 is 2.67 bits per heavy atom. The Hall–Kier alpha value is -0.770. The molecule has 0 aromatic carbocycles. The summed E-state index contributed by atoms with van der Waals surface area (Å²) in [6.45, 7) is 1.73.